The Hall–Kier alpha value is -3.99. The summed E-state index contributed by atoms with van der Waals surface area (Å²) in [6.07, 6.45) is 1.29. The average Bonchev–Trinajstić information content (AvgIpc) is 3.40. The molecule has 0 bridgehead atoms. The number of nitrogens with zero attached hydrogens (tertiary/aromatic N) is 2. The number of benzene rings is 3. The van der Waals surface area contributed by atoms with Crippen LogP contribution in [-0.4, -0.2) is 41.3 Å². The lowest BCUT2D eigenvalue weighted by molar-refractivity contribution is -0.119. The second-order valence-electron chi connectivity index (χ2n) is 8.48. The number of rotatable bonds is 10. The van der Waals surface area contributed by atoms with Crippen molar-refractivity contribution < 1.29 is 27.1 Å². The van der Waals surface area contributed by atoms with Gasteiger partial charge < -0.3 is 13.9 Å². The molecule has 0 aliphatic carbocycles. The maximum Gasteiger partial charge on any atom is 0.264 e. The summed E-state index contributed by atoms with van der Waals surface area (Å²) in [6, 6.07) is 19.2. The first kappa shape index (κ1) is 29.0. The van der Waals surface area contributed by atoms with Crippen molar-refractivity contribution in [3.05, 3.63) is 94.2 Å². The average molecular weight is 602 g/mol. The van der Waals surface area contributed by atoms with E-state index in [0.29, 0.717) is 38.6 Å². The molecule has 4 aromatic rings. The highest BCUT2D eigenvalue weighted by Crippen LogP contribution is 2.34. The van der Waals surface area contributed by atoms with Crippen LogP contribution in [0.15, 0.2) is 87.2 Å². The molecule has 1 aromatic heterocycles. The fraction of sp³-hybridized carbons (Fsp3) is 0.143. The molecule has 0 fully saturated rings. The van der Waals surface area contributed by atoms with E-state index in [1.165, 1.54) is 44.7 Å². The van der Waals surface area contributed by atoms with Gasteiger partial charge >= 0.3 is 0 Å². The van der Waals surface area contributed by atoms with Crippen molar-refractivity contribution in [1.82, 2.24) is 5.43 Å². The third-order valence-corrected chi connectivity index (χ3v) is 8.09. The van der Waals surface area contributed by atoms with Crippen LogP contribution in [0.1, 0.15) is 11.3 Å². The predicted octanol–water partition coefficient (Wildman–Crippen LogP) is 5.92. The summed E-state index contributed by atoms with van der Waals surface area (Å²) in [4.78, 5) is 12.9. The molecule has 12 heteroatoms. The number of halogens is 2. The van der Waals surface area contributed by atoms with Crippen LogP contribution >= 0.6 is 23.2 Å². The monoisotopic (exact) mass is 601 g/mol. The Balaban J connectivity index is 1.55. The number of ether oxygens (including phenoxy) is 2. The van der Waals surface area contributed by atoms with Crippen molar-refractivity contribution in [1.29, 1.82) is 0 Å². The van der Waals surface area contributed by atoms with Gasteiger partial charge in [-0.1, -0.05) is 40.9 Å². The van der Waals surface area contributed by atoms with Crippen molar-refractivity contribution >= 4 is 51.0 Å². The van der Waals surface area contributed by atoms with E-state index in [4.69, 9.17) is 37.1 Å². The molecule has 0 saturated carbocycles. The van der Waals surface area contributed by atoms with E-state index in [9.17, 15) is 13.2 Å². The van der Waals surface area contributed by atoms with Gasteiger partial charge in [-0.25, -0.2) is 13.8 Å². The molecule has 3 aromatic carbocycles. The number of furan rings is 1. The Kier molecular flexibility index (Phi) is 9.03. The summed E-state index contributed by atoms with van der Waals surface area (Å²) in [5, 5.41) is 4.84. The van der Waals surface area contributed by atoms with Crippen LogP contribution in [0.3, 0.4) is 0 Å². The molecule has 0 spiro atoms. The fourth-order valence-electron chi connectivity index (χ4n) is 3.72. The number of hydrogen-bond acceptors (Lipinski definition) is 7. The third-order valence-electron chi connectivity index (χ3n) is 5.76. The van der Waals surface area contributed by atoms with Gasteiger partial charge in [0, 0.05) is 16.7 Å². The second kappa shape index (κ2) is 12.5. The zero-order valence-electron chi connectivity index (χ0n) is 21.7. The number of nitrogens with one attached hydrogen (secondary N) is 1. The minimum absolute atomic E-state index is 0.0214. The van der Waals surface area contributed by atoms with Crippen molar-refractivity contribution in [2.45, 2.75) is 11.8 Å². The highest BCUT2D eigenvalue weighted by molar-refractivity contribution is 7.92. The molecule has 1 heterocycles. The first-order chi connectivity index (χ1) is 19.1. The van der Waals surface area contributed by atoms with Crippen molar-refractivity contribution in [3.8, 4) is 22.8 Å². The molecule has 1 amide bonds. The molecule has 0 aliphatic heterocycles. The molecular weight excluding hydrogens is 577 g/mol. The van der Waals surface area contributed by atoms with Crippen molar-refractivity contribution in [2.24, 2.45) is 5.10 Å². The summed E-state index contributed by atoms with van der Waals surface area (Å²) in [5.74, 6) is 0.848. The minimum atomic E-state index is -4.14. The molecular formula is C28H25Cl2N3O6S. The highest BCUT2D eigenvalue weighted by Gasteiger charge is 2.28. The zero-order chi connectivity index (χ0) is 28.9. The van der Waals surface area contributed by atoms with Crippen LogP contribution in [0.4, 0.5) is 5.69 Å². The van der Waals surface area contributed by atoms with Gasteiger partial charge in [-0.15, -0.1) is 0 Å². The predicted molar refractivity (Wildman–Crippen MR) is 155 cm³/mol. The lowest BCUT2D eigenvalue weighted by atomic mass is 10.2. The van der Waals surface area contributed by atoms with Crippen LogP contribution in [0.2, 0.25) is 10.0 Å². The lowest BCUT2D eigenvalue weighted by Gasteiger charge is -2.24. The number of anilines is 1. The van der Waals surface area contributed by atoms with Crippen molar-refractivity contribution in [3.63, 3.8) is 0 Å². The Morgan fingerprint density at radius 1 is 0.975 bits per heavy atom. The van der Waals surface area contributed by atoms with E-state index in [1.807, 2.05) is 6.92 Å². The SMILES string of the molecule is COc1ccc(N(CC(=O)N/N=C/c2ccc(-c3ccc(Cl)cc3Cl)o2)S(=O)(=O)c2ccc(C)cc2)cc1OC. The topological polar surface area (TPSA) is 110 Å². The van der Waals surface area contributed by atoms with Gasteiger partial charge in [0.2, 0.25) is 0 Å². The second-order valence-corrected chi connectivity index (χ2v) is 11.2. The summed E-state index contributed by atoms with van der Waals surface area (Å²) in [7, 11) is -1.24. The maximum absolute atomic E-state index is 13.6. The molecule has 4 rings (SSSR count). The van der Waals surface area contributed by atoms with Gasteiger partial charge in [-0.3, -0.25) is 9.10 Å². The van der Waals surface area contributed by atoms with Crippen LogP contribution in [0.5, 0.6) is 11.5 Å². The molecule has 40 heavy (non-hydrogen) atoms. The van der Waals surface area contributed by atoms with E-state index in [-0.39, 0.29) is 10.6 Å². The number of hydrogen-bond donors (Lipinski definition) is 1. The molecule has 0 unspecified atom stereocenters. The van der Waals surface area contributed by atoms with Crippen molar-refractivity contribution in [2.75, 3.05) is 25.1 Å². The largest absolute Gasteiger partial charge is 0.493 e. The number of hydrazone groups is 1. The Morgan fingerprint density at radius 2 is 1.70 bits per heavy atom. The number of carbonyl (C=O) groups is 1. The summed E-state index contributed by atoms with van der Waals surface area (Å²) < 4.78 is 44.5. The number of methoxy groups -OCH3 is 2. The van der Waals surface area contributed by atoms with E-state index in [2.05, 4.69) is 10.5 Å². The third kappa shape index (κ3) is 6.59. The van der Waals surface area contributed by atoms with E-state index in [1.54, 1.807) is 48.5 Å². The van der Waals surface area contributed by atoms with Gasteiger partial charge in [0.25, 0.3) is 15.9 Å². The first-order valence-corrected chi connectivity index (χ1v) is 14.0. The van der Waals surface area contributed by atoms with Crippen LogP contribution < -0.4 is 19.2 Å². The molecule has 0 atom stereocenters. The maximum atomic E-state index is 13.6. The van der Waals surface area contributed by atoms with Crippen LogP contribution in [-0.2, 0) is 14.8 Å². The van der Waals surface area contributed by atoms with Gasteiger partial charge in [0.1, 0.15) is 18.1 Å². The summed E-state index contributed by atoms with van der Waals surface area (Å²) in [6.45, 7) is 1.28. The van der Waals surface area contributed by atoms with E-state index in [0.717, 1.165) is 9.87 Å². The lowest BCUT2D eigenvalue weighted by Crippen LogP contribution is -2.39. The minimum Gasteiger partial charge on any atom is -0.493 e. The molecule has 1 N–H and O–H groups in total. The molecule has 208 valence electrons. The highest BCUT2D eigenvalue weighted by atomic mass is 35.5. The molecule has 0 radical (unpaired) electrons. The Morgan fingerprint density at radius 3 is 2.38 bits per heavy atom. The van der Waals surface area contributed by atoms with Gasteiger partial charge in [0.15, 0.2) is 11.5 Å². The van der Waals surface area contributed by atoms with Gasteiger partial charge in [-0.2, -0.15) is 5.10 Å². The number of aryl methyl sites for hydroxylation is 1. The zero-order valence-corrected chi connectivity index (χ0v) is 24.0. The van der Waals surface area contributed by atoms with Crippen LogP contribution in [0, 0.1) is 6.92 Å². The normalized spacial score (nSPS) is 11.4. The summed E-state index contributed by atoms with van der Waals surface area (Å²) in [5.41, 5.74) is 4.08. The molecule has 9 nitrogen and oxygen atoms in total. The van der Waals surface area contributed by atoms with Gasteiger partial charge in [0.05, 0.1) is 36.0 Å². The Bertz CT molecular complexity index is 1650. The number of sulfonamides is 1. The number of amides is 1. The standard InChI is InChI=1S/C28H25Cl2N3O6S/c1-18-4-9-22(10-5-18)40(35,36)33(20-7-12-26(37-2)27(15-20)38-3)17-28(34)32-31-16-21-8-13-25(39-21)23-11-6-19(29)14-24(23)30/h4-16H,17H2,1-3H3,(H,32,34)/b31-16+. The Labute approximate surface area is 242 Å². The van der Waals surface area contributed by atoms with Crippen LogP contribution in [0.25, 0.3) is 11.3 Å². The molecule has 0 saturated heterocycles. The fourth-order valence-corrected chi connectivity index (χ4v) is 5.64. The van der Waals surface area contributed by atoms with Gasteiger partial charge in [-0.05, 0) is 61.5 Å². The van der Waals surface area contributed by atoms with E-state index < -0.39 is 22.5 Å². The summed E-state index contributed by atoms with van der Waals surface area (Å²) >= 11 is 12.2. The smallest absolute Gasteiger partial charge is 0.264 e. The first-order valence-electron chi connectivity index (χ1n) is 11.8. The number of carbonyl (C=O) groups excluding carboxylic acids is 1. The van der Waals surface area contributed by atoms with E-state index >= 15 is 0 Å². The quantitative estimate of drug-likeness (QED) is 0.178. The molecule has 0 aliphatic rings.